The summed E-state index contributed by atoms with van der Waals surface area (Å²) in [4.78, 5) is 24.0. The zero-order chi connectivity index (χ0) is 18.8. The number of hydrogen-bond donors (Lipinski definition) is 2. The van der Waals surface area contributed by atoms with Gasteiger partial charge in [-0.2, -0.15) is 5.10 Å². The van der Waals surface area contributed by atoms with Gasteiger partial charge < -0.3 is 14.8 Å². The molecule has 1 fully saturated rings. The van der Waals surface area contributed by atoms with Gasteiger partial charge in [-0.3, -0.25) is 9.59 Å². The fourth-order valence-electron chi connectivity index (χ4n) is 2.69. The highest BCUT2D eigenvalue weighted by Crippen LogP contribution is 2.32. The van der Waals surface area contributed by atoms with Crippen molar-refractivity contribution in [2.45, 2.75) is 19.8 Å². The first-order valence-electron chi connectivity index (χ1n) is 8.76. The number of benzene rings is 2. The molecule has 0 atom stereocenters. The van der Waals surface area contributed by atoms with E-state index in [1.165, 1.54) is 0 Å². The van der Waals surface area contributed by atoms with Crippen molar-refractivity contribution in [3.63, 3.8) is 0 Å². The highest BCUT2D eigenvalue weighted by atomic mass is 16.7. The highest BCUT2D eigenvalue weighted by Gasteiger charge is 2.29. The normalized spacial score (nSPS) is 15.4. The number of hydrazone groups is 1. The first-order chi connectivity index (χ1) is 13.1. The number of carbonyl (C=O) groups excluding carboxylic acids is 2. The van der Waals surface area contributed by atoms with E-state index in [-0.39, 0.29) is 24.5 Å². The molecule has 27 heavy (non-hydrogen) atoms. The molecule has 2 aliphatic rings. The van der Waals surface area contributed by atoms with E-state index < -0.39 is 0 Å². The summed E-state index contributed by atoms with van der Waals surface area (Å²) in [7, 11) is 0. The van der Waals surface area contributed by atoms with Gasteiger partial charge in [-0.05, 0) is 55.7 Å². The Morgan fingerprint density at radius 3 is 2.44 bits per heavy atom. The predicted molar refractivity (Wildman–Crippen MR) is 100 cm³/mol. The number of carbonyl (C=O) groups is 2. The maximum absolute atomic E-state index is 12.3. The summed E-state index contributed by atoms with van der Waals surface area (Å²) in [5.41, 5.74) is 5.25. The number of nitrogens with zero attached hydrogens (tertiary/aromatic N) is 1. The third-order valence-electron chi connectivity index (χ3n) is 4.48. The van der Waals surface area contributed by atoms with E-state index in [1.807, 2.05) is 24.3 Å². The van der Waals surface area contributed by atoms with Gasteiger partial charge in [-0.25, -0.2) is 5.43 Å². The summed E-state index contributed by atoms with van der Waals surface area (Å²) in [6, 6.07) is 12.3. The second-order valence-corrected chi connectivity index (χ2v) is 6.55. The molecule has 1 aliphatic heterocycles. The van der Waals surface area contributed by atoms with Gasteiger partial charge in [0.2, 0.25) is 12.7 Å². The molecule has 0 unspecified atom stereocenters. The van der Waals surface area contributed by atoms with Gasteiger partial charge >= 0.3 is 0 Å². The third kappa shape index (κ3) is 3.92. The van der Waals surface area contributed by atoms with Crippen LogP contribution in [0.15, 0.2) is 47.6 Å². The minimum absolute atomic E-state index is 0.0733. The summed E-state index contributed by atoms with van der Waals surface area (Å²) >= 11 is 0. The molecule has 2 amide bonds. The quantitative estimate of drug-likeness (QED) is 0.630. The van der Waals surface area contributed by atoms with Gasteiger partial charge in [0.05, 0.1) is 5.71 Å². The summed E-state index contributed by atoms with van der Waals surface area (Å²) in [5, 5.41) is 7.04. The van der Waals surface area contributed by atoms with Gasteiger partial charge in [0.25, 0.3) is 5.91 Å². The molecular formula is C20H19N3O4. The van der Waals surface area contributed by atoms with Crippen LogP contribution >= 0.6 is 0 Å². The van der Waals surface area contributed by atoms with Crippen LogP contribution in [0.2, 0.25) is 0 Å². The molecule has 2 N–H and O–H groups in total. The van der Waals surface area contributed by atoms with E-state index in [2.05, 4.69) is 15.8 Å². The Labute approximate surface area is 156 Å². The Morgan fingerprint density at radius 1 is 1.00 bits per heavy atom. The van der Waals surface area contributed by atoms with Crippen molar-refractivity contribution in [2.24, 2.45) is 11.0 Å². The lowest BCUT2D eigenvalue weighted by molar-refractivity contribution is -0.117. The van der Waals surface area contributed by atoms with E-state index in [9.17, 15) is 9.59 Å². The maximum atomic E-state index is 12.3. The molecule has 1 heterocycles. The lowest BCUT2D eigenvalue weighted by Gasteiger charge is -2.07. The Morgan fingerprint density at radius 2 is 1.70 bits per heavy atom. The van der Waals surface area contributed by atoms with Crippen LogP contribution in [0.25, 0.3) is 0 Å². The fraction of sp³-hybridized carbons (Fsp3) is 0.250. The van der Waals surface area contributed by atoms with Crippen LogP contribution in [0.4, 0.5) is 5.69 Å². The van der Waals surface area contributed by atoms with Gasteiger partial charge in [0, 0.05) is 17.2 Å². The average Bonchev–Trinajstić information content (AvgIpc) is 3.44. The number of nitrogens with one attached hydrogen (secondary N) is 2. The number of hydrogen-bond acceptors (Lipinski definition) is 5. The SMILES string of the molecule is CC(=NNC(=O)c1ccc2c(c1)OCO2)c1ccc(NC(=O)C2CC2)cc1. The molecule has 0 aromatic heterocycles. The Balaban J connectivity index is 1.38. The number of amides is 2. The van der Waals surface area contributed by atoms with Crippen LogP contribution in [0, 0.1) is 5.92 Å². The Kier molecular flexibility index (Phi) is 4.50. The van der Waals surface area contributed by atoms with E-state index >= 15 is 0 Å². The second-order valence-electron chi connectivity index (χ2n) is 6.55. The smallest absolute Gasteiger partial charge is 0.271 e. The van der Waals surface area contributed by atoms with Crippen LogP contribution in [0.3, 0.4) is 0 Å². The molecule has 1 aliphatic carbocycles. The molecule has 4 rings (SSSR count). The molecule has 1 saturated carbocycles. The van der Waals surface area contributed by atoms with Crippen LogP contribution in [0.5, 0.6) is 11.5 Å². The van der Waals surface area contributed by atoms with Crippen molar-refractivity contribution in [3.8, 4) is 11.5 Å². The number of rotatable bonds is 5. The third-order valence-corrected chi connectivity index (χ3v) is 4.48. The molecule has 7 nitrogen and oxygen atoms in total. The van der Waals surface area contributed by atoms with E-state index in [1.54, 1.807) is 25.1 Å². The van der Waals surface area contributed by atoms with Crippen LogP contribution in [-0.2, 0) is 4.79 Å². The lowest BCUT2D eigenvalue weighted by atomic mass is 10.1. The fourth-order valence-corrected chi connectivity index (χ4v) is 2.69. The number of fused-ring (bicyclic) bond motifs is 1. The van der Waals surface area contributed by atoms with Crippen LogP contribution < -0.4 is 20.2 Å². The molecular weight excluding hydrogens is 346 g/mol. The van der Waals surface area contributed by atoms with Crippen molar-refractivity contribution in [3.05, 3.63) is 53.6 Å². The zero-order valence-corrected chi connectivity index (χ0v) is 14.8. The Hall–Kier alpha value is -3.35. The standard InChI is InChI=1S/C20H19N3O4/c1-12(13-4-7-16(8-5-13)21-19(24)14-2-3-14)22-23-20(25)15-6-9-17-18(10-15)27-11-26-17/h4-10,14H,2-3,11H2,1H3,(H,21,24)(H,23,25). The van der Waals surface area contributed by atoms with Gasteiger partial charge in [0.15, 0.2) is 11.5 Å². The second kappa shape index (κ2) is 7.11. The maximum Gasteiger partial charge on any atom is 0.271 e. The molecule has 0 saturated heterocycles. The van der Waals surface area contributed by atoms with Gasteiger partial charge in [-0.15, -0.1) is 0 Å². The van der Waals surface area contributed by atoms with Gasteiger partial charge in [0.1, 0.15) is 0 Å². The molecule has 0 bridgehead atoms. The molecule has 7 heteroatoms. The van der Waals surface area contributed by atoms with Crippen molar-refractivity contribution in [2.75, 3.05) is 12.1 Å². The van der Waals surface area contributed by atoms with Crippen LogP contribution in [0.1, 0.15) is 35.7 Å². The van der Waals surface area contributed by atoms with E-state index in [4.69, 9.17) is 9.47 Å². The summed E-state index contributed by atoms with van der Waals surface area (Å²) < 4.78 is 10.5. The van der Waals surface area contributed by atoms with Crippen LogP contribution in [-0.4, -0.2) is 24.3 Å². The molecule has 0 spiro atoms. The van der Waals surface area contributed by atoms with Crippen molar-refractivity contribution in [1.29, 1.82) is 0 Å². The van der Waals surface area contributed by atoms with Gasteiger partial charge in [-0.1, -0.05) is 12.1 Å². The molecule has 2 aromatic rings. The molecule has 138 valence electrons. The first-order valence-corrected chi connectivity index (χ1v) is 8.76. The van der Waals surface area contributed by atoms with E-state index in [0.29, 0.717) is 22.8 Å². The average molecular weight is 365 g/mol. The zero-order valence-electron chi connectivity index (χ0n) is 14.8. The highest BCUT2D eigenvalue weighted by molar-refractivity contribution is 6.01. The largest absolute Gasteiger partial charge is 0.454 e. The van der Waals surface area contributed by atoms with Crippen molar-refractivity contribution in [1.82, 2.24) is 5.43 Å². The number of ether oxygens (including phenoxy) is 2. The topological polar surface area (TPSA) is 89.0 Å². The Bertz CT molecular complexity index is 917. The van der Waals surface area contributed by atoms with Crippen molar-refractivity contribution >= 4 is 23.2 Å². The minimum Gasteiger partial charge on any atom is -0.454 e. The monoisotopic (exact) mass is 365 g/mol. The molecule has 2 aromatic carbocycles. The predicted octanol–water partition coefficient (Wildman–Crippen LogP) is 2.92. The van der Waals surface area contributed by atoms with E-state index in [0.717, 1.165) is 24.1 Å². The minimum atomic E-state index is -0.332. The summed E-state index contributed by atoms with van der Waals surface area (Å²) in [5.74, 6) is 1.08. The first kappa shape index (κ1) is 17.1. The summed E-state index contributed by atoms with van der Waals surface area (Å²) in [6.45, 7) is 1.96. The molecule has 0 radical (unpaired) electrons. The summed E-state index contributed by atoms with van der Waals surface area (Å²) in [6.07, 6.45) is 1.94. The lowest BCUT2D eigenvalue weighted by Crippen LogP contribution is -2.19. The number of anilines is 1. The van der Waals surface area contributed by atoms with Crippen molar-refractivity contribution < 1.29 is 19.1 Å².